The number of benzene rings is 1. The largest absolute Gasteiger partial charge is 0.315 e. The van der Waals surface area contributed by atoms with Crippen molar-refractivity contribution in [1.82, 2.24) is 20.1 Å². The van der Waals surface area contributed by atoms with Crippen molar-refractivity contribution < 1.29 is 4.39 Å². The van der Waals surface area contributed by atoms with Crippen molar-refractivity contribution in [2.24, 2.45) is 5.92 Å². The van der Waals surface area contributed by atoms with E-state index in [1.807, 2.05) is 6.07 Å². The highest BCUT2D eigenvalue weighted by Crippen LogP contribution is 2.20. The average Bonchev–Trinajstić information content (AvgIpc) is 2.98. The Hall–Kier alpha value is -2.26. The van der Waals surface area contributed by atoms with E-state index in [0.29, 0.717) is 23.6 Å². The van der Waals surface area contributed by atoms with Gasteiger partial charge in [-0.15, -0.1) is 10.2 Å². The number of halogens is 1. The minimum absolute atomic E-state index is 0.324. The van der Waals surface area contributed by atoms with Crippen molar-refractivity contribution in [3.63, 3.8) is 0 Å². The Labute approximate surface area is 135 Å². The van der Waals surface area contributed by atoms with Gasteiger partial charge in [0, 0.05) is 31.5 Å². The molecule has 0 aliphatic carbocycles. The van der Waals surface area contributed by atoms with Crippen LogP contribution in [0.3, 0.4) is 0 Å². The first-order valence-electron chi connectivity index (χ1n) is 8.01. The van der Waals surface area contributed by atoms with Gasteiger partial charge in [0.2, 0.25) is 0 Å². The third kappa shape index (κ3) is 3.40. The highest BCUT2D eigenvalue weighted by molar-refractivity contribution is 5.32. The summed E-state index contributed by atoms with van der Waals surface area (Å²) < 4.78 is 16.1. The lowest BCUT2D eigenvalue weighted by atomic mass is 9.99. The molecule has 1 aliphatic rings. The second-order valence-corrected chi connectivity index (χ2v) is 5.95. The molecule has 23 heavy (non-hydrogen) atoms. The summed E-state index contributed by atoms with van der Waals surface area (Å²) in [6.07, 6.45) is 2.92. The van der Waals surface area contributed by atoms with Crippen molar-refractivity contribution in [3.8, 4) is 6.07 Å². The van der Waals surface area contributed by atoms with Crippen LogP contribution in [0.5, 0.6) is 0 Å². The van der Waals surface area contributed by atoms with Crippen molar-refractivity contribution in [1.29, 1.82) is 5.26 Å². The Morgan fingerprint density at radius 1 is 1.43 bits per heavy atom. The number of aromatic nitrogens is 3. The average molecular weight is 313 g/mol. The van der Waals surface area contributed by atoms with Crippen LogP contribution in [0.15, 0.2) is 18.2 Å². The quantitative estimate of drug-likeness (QED) is 0.919. The van der Waals surface area contributed by atoms with Crippen LogP contribution in [-0.2, 0) is 25.9 Å². The predicted molar refractivity (Wildman–Crippen MR) is 84.0 cm³/mol. The van der Waals surface area contributed by atoms with Gasteiger partial charge in [-0.2, -0.15) is 5.26 Å². The number of rotatable bonds is 5. The first-order valence-corrected chi connectivity index (χ1v) is 8.01. The molecule has 120 valence electrons. The van der Waals surface area contributed by atoms with Gasteiger partial charge < -0.3 is 9.88 Å². The molecule has 0 unspecified atom stereocenters. The van der Waals surface area contributed by atoms with E-state index in [1.165, 1.54) is 6.07 Å². The van der Waals surface area contributed by atoms with E-state index >= 15 is 0 Å². The molecule has 0 bridgehead atoms. The molecule has 6 heteroatoms. The zero-order valence-corrected chi connectivity index (χ0v) is 13.2. The zero-order valence-electron chi connectivity index (χ0n) is 13.2. The number of hydrogen-bond donors (Lipinski definition) is 1. The van der Waals surface area contributed by atoms with Crippen LogP contribution in [-0.4, -0.2) is 21.3 Å². The summed E-state index contributed by atoms with van der Waals surface area (Å²) in [7, 11) is 0. The second-order valence-electron chi connectivity index (χ2n) is 5.95. The molecular formula is C17H20FN5. The van der Waals surface area contributed by atoms with E-state index in [0.717, 1.165) is 44.0 Å². The van der Waals surface area contributed by atoms with Gasteiger partial charge in [-0.25, -0.2) is 4.39 Å². The number of nitrogens with one attached hydrogen (secondary N) is 1. The summed E-state index contributed by atoms with van der Waals surface area (Å²) in [6.45, 7) is 4.32. The first-order chi connectivity index (χ1) is 11.2. The molecule has 1 N–H and O–H groups in total. The summed E-state index contributed by atoms with van der Waals surface area (Å²) >= 11 is 0. The molecule has 1 aromatic heterocycles. The predicted octanol–water partition coefficient (Wildman–Crippen LogP) is 2.20. The molecule has 0 fully saturated rings. The minimum Gasteiger partial charge on any atom is -0.315 e. The van der Waals surface area contributed by atoms with Gasteiger partial charge in [0.05, 0.1) is 11.6 Å². The minimum atomic E-state index is -0.324. The maximum Gasteiger partial charge on any atom is 0.133 e. The van der Waals surface area contributed by atoms with Gasteiger partial charge in [0.15, 0.2) is 0 Å². The molecular weight excluding hydrogens is 293 g/mol. The van der Waals surface area contributed by atoms with Crippen LogP contribution in [0.1, 0.15) is 36.1 Å². The second kappa shape index (κ2) is 6.88. The van der Waals surface area contributed by atoms with Gasteiger partial charge in [0.25, 0.3) is 0 Å². The number of nitriles is 1. The number of nitrogens with zero attached hydrogens (tertiary/aromatic N) is 4. The molecule has 5 nitrogen and oxygen atoms in total. The van der Waals surface area contributed by atoms with Crippen LogP contribution >= 0.6 is 0 Å². The molecule has 0 radical (unpaired) electrons. The van der Waals surface area contributed by atoms with Crippen molar-refractivity contribution in [3.05, 3.63) is 46.8 Å². The topological polar surface area (TPSA) is 66.5 Å². The smallest absolute Gasteiger partial charge is 0.133 e. The van der Waals surface area contributed by atoms with Crippen molar-refractivity contribution >= 4 is 0 Å². The lowest BCUT2D eigenvalue weighted by Gasteiger charge is -2.24. The Morgan fingerprint density at radius 3 is 3.04 bits per heavy atom. The SMILES string of the molecule is CCc1nnc2n1C[C@H](CNCc1ccc(C#N)cc1F)CC2. The summed E-state index contributed by atoms with van der Waals surface area (Å²) in [6, 6.07) is 6.56. The summed E-state index contributed by atoms with van der Waals surface area (Å²) in [5.74, 6) is 2.30. The number of hydrogen-bond acceptors (Lipinski definition) is 4. The molecule has 3 rings (SSSR count). The van der Waals surface area contributed by atoms with Gasteiger partial charge >= 0.3 is 0 Å². The molecule has 2 heterocycles. The van der Waals surface area contributed by atoms with E-state index in [4.69, 9.17) is 5.26 Å². The lowest BCUT2D eigenvalue weighted by Crippen LogP contribution is -2.30. The van der Waals surface area contributed by atoms with Gasteiger partial charge in [0.1, 0.15) is 17.5 Å². The van der Waals surface area contributed by atoms with Crippen LogP contribution in [0.4, 0.5) is 4.39 Å². The summed E-state index contributed by atoms with van der Waals surface area (Å²) in [4.78, 5) is 0. The maximum absolute atomic E-state index is 13.8. The Balaban J connectivity index is 1.55. The van der Waals surface area contributed by atoms with E-state index in [9.17, 15) is 4.39 Å². The van der Waals surface area contributed by atoms with Crippen LogP contribution < -0.4 is 5.32 Å². The third-order valence-electron chi connectivity index (χ3n) is 4.37. The summed E-state index contributed by atoms with van der Waals surface area (Å²) in [5, 5.41) is 20.6. The molecule has 1 aliphatic heterocycles. The fraction of sp³-hybridized carbons (Fsp3) is 0.471. The first kappa shape index (κ1) is 15.6. The van der Waals surface area contributed by atoms with E-state index in [-0.39, 0.29) is 5.82 Å². The van der Waals surface area contributed by atoms with Crippen molar-refractivity contribution in [2.75, 3.05) is 6.54 Å². The highest BCUT2D eigenvalue weighted by Gasteiger charge is 2.21. The zero-order chi connectivity index (χ0) is 16.2. The molecule has 1 atom stereocenters. The van der Waals surface area contributed by atoms with E-state index < -0.39 is 0 Å². The van der Waals surface area contributed by atoms with Gasteiger partial charge in [-0.3, -0.25) is 0 Å². The Kier molecular flexibility index (Phi) is 4.68. The molecule has 0 spiro atoms. The monoisotopic (exact) mass is 313 g/mol. The van der Waals surface area contributed by atoms with Gasteiger partial charge in [-0.1, -0.05) is 13.0 Å². The Morgan fingerprint density at radius 2 is 2.30 bits per heavy atom. The molecule has 1 aromatic carbocycles. The van der Waals surface area contributed by atoms with Crippen LogP contribution in [0.2, 0.25) is 0 Å². The molecule has 0 saturated carbocycles. The maximum atomic E-state index is 13.8. The fourth-order valence-electron chi connectivity index (χ4n) is 3.05. The van der Waals surface area contributed by atoms with Crippen LogP contribution in [0.25, 0.3) is 0 Å². The number of aryl methyl sites for hydroxylation is 2. The normalized spacial score (nSPS) is 16.8. The molecule has 2 aromatic rings. The summed E-state index contributed by atoms with van der Waals surface area (Å²) in [5.41, 5.74) is 0.949. The van der Waals surface area contributed by atoms with E-state index in [2.05, 4.69) is 27.0 Å². The lowest BCUT2D eigenvalue weighted by molar-refractivity contribution is 0.342. The van der Waals surface area contributed by atoms with Gasteiger partial charge in [-0.05, 0) is 31.0 Å². The van der Waals surface area contributed by atoms with E-state index in [1.54, 1.807) is 12.1 Å². The highest BCUT2D eigenvalue weighted by atomic mass is 19.1. The fourth-order valence-corrected chi connectivity index (χ4v) is 3.05. The van der Waals surface area contributed by atoms with Crippen molar-refractivity contribution in [2.45, 2.75) is 39.3 Å². The molecule has 0 amide bonds. The standard InChI is InChI=1S/C17H20FN5/c1-2-16-21-22-17-6-4-13(11-23(16)17)9-20-10-14-5-3-12(8-19)7-15(14)18/h3,5,7,13,20H,2,4,6,9-11H2,1H3/t13-/m0/s1. The third-order valence-corrected chi connectivity index (χ3v) is 4.37. The van der Waals surface area contributed by atoms with Crippen LogP contribution in [0, 0.1) is 23.1 Å². The molecule has 0 saturated heterocycles. The number of fused-ring (bicyclic) bond motifs is 1. The Bertz CT molecular complexity index is 718.